The van der Waals surface area contributed by atoms with E-state index in [0.29, 0.717) is 22.7 Å². The molecule has 1 N–H and O–H groups in total. The van der Waals surface area contributed by atoms with Crippen LogP contribution >= 0.6 is 0 Å². The highest BCUT2D eigenvalue weighted by Gasteiger charge is 2.40. The molecule has 34 heavy (non-hydrogen) atoms. The zero-order valence-corrected chi connectivity index (χ0v) is 18.1. The Morgan fingerprint density at radius 1 is 0.794 bits per heavy atom. The van der Waals surface area contributed by atoms with Crippen molar-refractivity contribution in [1.29, 1.82) is 0 Å². The summed E-state index contributed by atoms with van der Waals surface area (Å²) in [4.78, 5) is 27.8. The van der Waals surface area contributed by atoms with Crippen molar-refractivity contribution in [3.8, 4) is 11.5 Å². The number of hydrogen-bond donors (Lipinski definition) is 1. The van der Waals surface area contributed by atoms with E-state index in [4.69, 9.17) is 9.47 Å². The van der Waals surface area contributed by atoms with Crippen LogP contribution in [0.5, 0.6) is 11.5 Å². The molecule has 1 heterocycles. The number of carbonyl (C=O) groups excluding carboxylic acids is 2. The first-order chi connectivity index (χ1) is 16.2. The molecule has 0 saturated carbocycles. The highest BCUT2D eigenvalue weighted by atomic mass is 19.4. The van der Waals surface area contributed by atoms with Gasteiger partial charge in [-0.05, 0) is 48.0 Å². The molecule has 0 aromatic heterocycles. The summed E-state index contributed by atoms with van der Waals surface area (Å²) in [5.74, 6) is -0.587. The first-order valence-corrected chi connectivity index (χ1v) is 10.1. The van der Waals surface area contributed by atoms with Crippen LogP contribution in [-0.4, -0.2) is 26.0 Å². The van der Waals surface area contributed by atoms with E-state index in [9.17, 15) is 22.8 Å². The minimum atomic E-state index is -4.57. The van der Waals surface area contributed by atoms with Gasteiger partial charge in [-0.2, -0.15) is 13.2 Å². The van der Waals surface area contributed by atoms with Gasteiger partial charge in [-0.25, -0.2) is 4.90 Å². The van der Waals surface area contributed by atoms with E-state index < -0.39 is 23.6 Å². The average Bonchev–Trinajstić information content (AvgIpc) is 3.07. The van der Waals surface area contributed by atoms with Gasteiger partial charge in [0.1, 0.15) is 5.70 Å². The van der Waals surface area contributed by atoms with E-state index in [2.05, 4.69) is 5.32 Å². The van der Waals surface area contributed by atoms with Gasteiger partial charge in [-0.1, -0.05) is 30.3 Å². The molecule has 1 aliphatic heterocycles. The number of halogens is 3. The minimum Gasteiger partial charge on any atom is -0.493 e. The average molecular weight is 468 g/mol. The molecule has 0 spiro atoms. The number of carbonyl (C=O) groups is 2. The summed E-state index contributed by atoms with van der Waals surface area (Å²) in [7, 11) is 2.88. The molecular formula is C25H19F3N2O4. The molecule has 9 heteroatoms. The second-order valence-corrected chi connectivity index (χ2v) is 7.30. The van der Waals surface area contributed by atoms with Gasteiger partial charge in [0.15, 0.2) is 11.5 Å². The van der Waals surface area contributed by atoms with E-state index >= 15 is 0 Å². The number of rotatable bonds is 6. The molecule has 1 aliphatic rings. The third-order valence-corrected chi connectivity index (χ3v) is 5.23. The van der Waals surface area contributed by atoms with Crippen LogP contribution in [0.2, 0.25) is 0 Å². The number of amides is 2. The molecule has 0 unspecified atom stereocenters. The Hall–Kier alpha value is -4.27. The molecule has 3 aromatic carbocycles. The number of methoxy groups -OCH3 is 2. The highest BCUT2D eigenvalue weighted by Crippen LogP contribution is 2.38. The zero-order valence-electron chi connectivity index (χ0n) is 18.1. The third-order valence-electron chi connectivity index (χ3n) is 5.23. The monoisotopic (exact) mass is 468 g/mol. The van der Waals surface area contributed by atoms with Gasteiger partial charge in [0.2, 0.25) is 0 Å². The molecule has 0 aliphatic carbocycles. The van der Waals surface area contributed by atoms with Gasteiger partial charge in [-0.3, -0.25) is 9.59 Å². The smallest absolute Gasteiger partial charge is 0.416 e. The first kappa shape index (κ1) is 22.9. The van der Waals surface area contributed by atoms with Crippen molar-refractivity contribution in [2.45, 2.75) is 6.18 Å². The van der Waals surface area contributed by atoms with Crippen molar-refractivity contribution in [3.63, 3.8) is 0 Å². The first-order valence-electron chi connectivity index (χ1n) is 10.1. The van der Waals surface area contributed by atoms with Crippen molar-refractivity contribution in [2.24, 2.45) is 0 Å². The summed E-state index contributed by atoms with van der Waals surface area (Å²) in [6.45, 7) is 0. The Bertz CT molecular complexity index is 1290. The lowest BCUT2D eigenvalue weighted by Gasteiger charge is -2.15. The minimum absolute atomic E-state index is 0.00721. The molecular weight excluding hydrogens is 449 g/mol. The number of nitrogens with zero attached hydrogens (tertiary/aromatic N) is 1. The topological polar surface area (TPSA) is 67.9 Å². The molecule has 0 bridgehead atoms. The molecule has 0 saturated heterocycles. The van der Waals surface area contributed by atoms with Crippen LogP contribution < -0.4 is 19.7 Å². The number of anilines is 2. The van der Waals surface area contributed by atoms with Gasteiger partial charge in [0, 0.05) is 5.69 Å². The summed E-state index contributed by atoms with van der Waals surface area (Å²) >= 11 is 0. The fourth-order valence-corrected chi connectivity index (χ4v) is 3.63. The van der Waals surface area contributed by atoms with Crippen LogP contribution in [0.4, 0.5) is 24.5 Å². The largest absolute Gasteiger partial charge is 0.493 e. The normalized spacial score (nSPS) is 14.0. The molecule has 2 amide bonds. The van der Waals surface area contributed by atoms with Crippen LogP contribution in [-0.2, 0) is 15.8 Å². The van der Waals surface area contributed by atoms with Crippen molar-refractivity contribution in [3.05, 3.63) is 89.6 Å². The van der Waals surface area contributed by atoms with Gasteiger partial charge >= 0.3 is 6.18 Å². The Balaban J connectivity index is 1.85. The fraction of sp³-hybridized carbons (Fsp3) is 0.120. The molecule has 4 rings (SSSR count). The van der Waals surface area contributed by atoms with Crippen LogP contribution in [0.25, 0.3) is 5.57 Å². The van der Waals surface area contributed by atoms with Crippen LogP contribution in [0.3, 0.4) is 0 Å². The standard InChI is InChI=1S/C25H19F3N2O4/c1-33-19-12-11-15(13-20(19)34-2)21-22(29-17-8-6-7-16(14-17)25(26,27)28)24(32)30(23(21)31)18-9-4-3-5-10-18/h3-14,29H,1-2H3. The van der Waals surface area contributed by atoms with Crippen molar-refractivity contribution < 1.29 is 32.2 Å². The lowest BCUT2D eigenvalue weighted by molar-refractivity contribution is -0.137. The lowest BCUT2D eigenvalue weighted by Crippen LogP contribution is -2.32. The summed E-state index contributed by atoms with van der Waals surface area (Å²) in [6, 6.07) is 17.3. The SMILES string of the molecule is COc1ccc(C2=C(Nc3cccc(C(F)(F)F)c3)C(=O)N(c3ccccc3)C2=O)cc1OC. The molecule has 0 fully saturated rings. The summed E-state index contributed by atoms with van der Waals surface area (Å²) in [6.07, 6.45) is -4.57. The van der Waals surface area contributed by atoms with Gasteiger partial charge in [0.05, 0.1) is 31.0 Å². The summed E-state index contributed by atoms with van der Waals surface area (Å²) in [5, 5.41) is 2.74. The maximum absolute atomic E-state index is 13.5. The van der Waals surface area contributed by atoms with Crippen LogP contribution in [0.1, 0.15) is 11.1 Å². The fourth-order valence-electron chi connectivity index (χ4n) is 3.63. The van der Waals surface area contributed by atoms with E-state index in [1.54, 1.807) is 42.5 Å². The van der Waals surface area contributed by atoms with E-state index in [0.717, 1.165) is 17.0 Å². The van der Waals surface area contributed by atoms with Crippen molar-refractivity contribution in [1.82, 2.24) is 0 Å². The maximum Gasteiger partial charge on any atom is 0.416 e. The summed E-state index contributed by atoms with van der Waals surface area (Å²) in [5.41, 5.74) is -0.367. The maximum atomic E-state index is 13.5. The third kappa shape index (κ3) is 4.19. The molecule has 0 atom stereocenters. The van der Waals surface area contributed by atoms with E-state index in [1.165, 1.54) is 32.4 Å². The Kier molecular flexibility index (Phi) is 6.02. The second-order valence-electron chi connectivity index (χ2n) is 7.30. The van der Waals surface area contributed by atoms with E-state index in [-0.39, 0.29) is 17.0 Å². The number of benzene rings is 3. The quantitative estimate of drug-likeness (QED) is 0.509. The number of para-hydroxylation sites is 1. The number of hydrogen-bond acceptors (Lipinski definition) is 5. The molecule has 174 valence electrons. The number of imide groups is 1. The Morgan fingerprint density at radius 3 is 2.15 bits per heavy atom. The molecule has 6 nitrogen and oxygen atoms in total. The predicted molar refractivity (Wildman–Crippen MR) is 120 cm³/mol. The van der Waals surface area contributed by atoms with Crippen LogP contribution in [0, 0.1) is 0 Å². The Labute approximate surface area is 193 Å². The second kappa shape index (κ2) is 8.93. The van der Waals surface area contributed by atoms with Gasteiger partial charge in [0.25, 0.3) is 11.8 Å². The number of nitrogens with one attached hydrogen (secondary N) is 1. The Morgan fingerprint density at radius 2 is 1.50 bits per heavy atom. The highest BCUT2D eigenvalue weighted by molar-refractivity contribution is 6.46. The molecule has 0 radical (unpaired) electrons. The predicted octanol–water partition coefficient (Wildman–Crippen LogP) is 5.12. The lowest BCUT2D eigenvalue weighted by atomic mass is 10.0. The van der Waals surface area contributed by atoms with E-state index in [1.807, 2.05) is 0 Å². The van der Waals surface area contributed by atoms with Gasteiger partial charge < -0.3 is 14.8 Å². The van der Waals surface area contributed by atoms with Crippen molar-refractivity contribution >= 4 is 28.8 Å². The number of ether oxygens (including phenoxy) is 2. The summed E-state index contributed by atoms with van der Waals surface area (Å²) < 4.78 is 50.2. The number of alkyl halides is 3. The van der Waals surface area contributed by atoms with Crippen LogP contribution in [0.15, 0.2) is 78.5 Å². The zero-order chi connectivity index (χ0) is 24.5. The van der Waals surface area contributed by atoms with Crippen molar-refractivity contribution in [2.75, 3.05) is 24.4 Å². The molecule has 3 aromatic rings. The van der Waals surface area contributed by atoms with Gasteiger partial charge in [-0.15, -0.1) is 0 Å².